The van der Waals surface area contributed by atoms with Crippen molar-refractivity contribution >= 4 is 52.9 Å². The Balaban J connectivity index is 1.22. The second-order valence-electron chi connectivity index (χ2n) is 13.3. The Morgan fingerprint density at radius 2 is 1.73 bits per heavy atom. The van der Waals surface area contributed by atoms with E-state index in [2.05, 4.69) is 66.4 Å². The van der Waals surface area contributed by atoms with Crippen molar-refractivity contribution in [3.63, 3.8) is 0 Å². The van der Waals surface area contributed by atoms with E-state index in [1.165, 1.54) is 30.4 Å². The number of ether oxygens (including phenoxy) is 1. The first-order valence-electron chi connectivity index (χ1n) is 17.0. The number of likely N-dealkylation sites (N-methyl/N-ethyl adjacent to an activating group) is 1. The Kier molecular flexibility index (Phi) is 10.7. The lowest BCUT2D eigenvalue weighted by Gasteiger charge is -2.43. The van der Waals surface area contributed by atoms with Crippen LogP contribution in [0.4, 0.5) is 28.8 Å². The molecule has 0 spiro atoms. The normalized spacial score (nSPS) is 16.5. The molecule has 2 aromatic heterocycles. The van der Waals surface area contributed by atoms with Crippen LogP contribution in [0.1, 0.15) is 31.0 Å². The molecule has 0 unspecified atom stereocenters. The minimum absolute atomic E-state index is 0.339. The van der Waals surface area contributed by atoms with Crippen molar-refractivity contribution in [2.45, 2.75) is 39.2 Å². The van der Waals surface area contributed by atoms with E-state index in [1.807, 2.05) is 25.1 Å². The van der Waals surface area contributed by atoms with Crippen LogP contribution in [0.3, 0.4) is 0 Å². The lowest BCUT2D eigenvalue weighted by Crippen LogP contribution is -2.52. The minimum atomic E-state index is -2.72. The Bertz CT molecular complexity index is 1840. The molecular weight excluding hydrogens is 657 g/mol. The molecule has 0 aliphatic carbocycles. The molecule has 0 saturated carbocycles. The first kappa shape index (κ1) is 35.1. The third-order valence-electron chi connectivity index (χ3n) is 9.69. The summed E-state index contributed by atoms with van der Waals surface area (Å²) in [5.41, 5.74) is 6.51. The number of hydrogen-bond acceptors (Lipinski definition) is 11. The number of piperazine rings is 1. The molecule has 49 heavy (non-hydrogen) atoms. The number of nitrogens with one attached hydrogen (secondary N) is 2. The van der Waals surface area contributed by atoms with E-state index >= 15 is 0 Å². The van der Waals surface area contributed by atoms with Gasteiger partial charge in [-0.05, 0) is 75.9 Å². The summed E-state index contributed by atoms with van der Waals surface area (Å²) in [5, 5.41) is 7.72. The molecule has 0 atom stereocenters. The fourth-order valence-corrected chi connectivity index (χ4v) is 8.10. The molecule has 0 amide bonds. The average Bonchev–Trinajstić information content (AvgIpc) is 3.10. The maximum Gasteiger partial charge on any atom is 0.229 e. The number of methoxy groups -OCH3 is 1. The van der Waals surface area contributed by atoms with Crippen molar-refractivity contribution in [1.82, 2.24) is 29.7 Å². The van der Waals surface area contributed by atoms with Gasteiger partial charge in [0.05, 0.1) is 24.7 Å². The molecule has 260 valence electrons. The molecule has 2 aliphatic rings. The number of anilines is 5. The number of piperidine rings is 1. The van der Waals surface area contributed by atoms with Gasteiger partial charge >= 0.3 is 0 Å². The summed E-state index contributed by atoms with van der Waals surface area (Å²) in [7, 11) is 1.18. The summed E-state index contributed by atoms with van der Waals surface area (Å²) in [5.74, 6) is 1.48. The first-order valence-corrected chi connectivity index (χ1v) is 19.9. The first-order chi connectivity index (χ1) is 23.5. The topological polar surface area (TPSA) is 112 Å². The molecular formula is C36H47ClN9O2P. The van der Waals surface area contributed by atoms with E-state index < -0.39 is 7.14 Å². The molecule has 0 radical (unpaired) electrons. The lowest BCUT2D eigenvalue weighted by atomic mass is 9.99. The van der Waals surface area contributed by atoms with Crippen molar-refractivity contribution in [3.8, 4) is 16.9 Å². The number of aromatic nitrogens is 4. The Morgan fingerprint density at radius 3 is 2.41 bits per heavy atom. The Morgan fingerprint density at radius 1 is 0.980 bits per heavy atom. The van der Waals surface area contributed by atoms with Crippen molar-refractivity contribution in [2.24, 2.45) is 0 Å². The number of halogens is 1. The summed E-state index contributed by atoms with van der Waals surface area (Å²) >= 11 is 6.61. The molecule has 4 aromatic rings. The standard InChI is InChI=1S/C36H47ClN9O2P/c1-7-25-18-31(33(48-4)20-32(25)46-12-10-27(11-13-46)45-16-14-44(3)15-17-45)42-36-39-22-29(37)35(43-36)41-30-9-8-26(19-34(30)49(5,6)47)28-21-38-23-40-24(28)2/h8-9,18-23,27H,7,10-17H2,1-6H3,(H2,39,41,42,43). The van der Waals surface area contributed by atoms with Gasteiger partial charge in [-0.2, -0.15) is 4.98 Å². The summed E-state index contributed by atoms with van der Waals surface area (Å²) < 4.78 is 19.4. The zero-order valence-electron chi connectivity index (χ0n) is 29.3. The van der Waals surface area contributed by atoms with Crippen LogP contribution in [0.15, 0.2) is 49.1 Å². The summed E-state index contributed by atoms with van der Waals surface area (Å²) in [6.07, 6.45) is 8.06. The van der Waals surface area contributed by atoms with E-state index in [-0.39, 0.29) is 0 Å². The van der Waals surface area contributed by atoms with Crippen molar-refractivity contribution in [2.75, 3.05) is 82.3 Å². The highest BCUT2D eigenvalue weighted by Gasteiger charge is 2.28. The summed E-state index contributed by atoms with van der Waals surface area (Å²) in [6, 6.07) is 10.7. The van der Waals surface area contributed by atoms with Gasteiger partial charge in [0.1, 0.15) is 24.2 Å². The highest BCUT2D eigenvalue weighted by atomic mass is 35.5. The van der Waals surface area contributed by atoms with E-state index in [0.717, 1.165) is 73.9 Å². The van der Waals surface area contributed by atoms with Crippen LogP contribution in [0.2, 0.25) is 5.02 Å². The molecule has 2 fully saturated rings. The number of aryl methyl sites for hydroxylation is 2. The van der Waals surface area contributed by atoms with Crippen LogP contribution >= 0.6 is 18.7 Å². The average molecular weight is 704 g/mol. The number of nitrogens with zero attached hydrogens (tertiary/aromatic N) is 7. The van der Waals surface area contributed by atoms with E-state index in [1.54, 1.807) is 32.8 Å². The minimum Gasteiger partial charge on any atom is -0.494 e. The van der Waals surface area contributed by atoms with Gasteiger partial charge in [0.15, 0.2) is 5.82 Å². The molecule has 0 bridgehead atoms. The SMILES string of the molecule is CCc1cc(Nc2ncc(Cl)c(Nc3ccc(-c4cncnc4C)cc3P(C)(C)=O)n2)c(OC)cc1N1CCC(N2CCN(C)CC2)CC1. The smallest absolute Gasteiger partial charge is 0.229 e. The molecule has 2 aromatic carbocycles. The third kappa shape index (κ3) is 8.01. The lowest BCUT2D eigenvalue weighted by molar-refractivity contribution is 0.0982. The van der Waals surface area contributed by atoms with Gasteiger partial charge < -0.3 is 29.7 Å². The van der Waals surface area contributed by atoms with Crippen LogP contribution < -0.4 is 25.6 Å². The van der Waals surface area contributed by atoms with Gasteiger partial charge in [-0.3, -0.25) is 4.90 Å². The van der Waals surface area contributed by atoms with E-state index in [9.17, 15) is 4.57 Å². The van der Waals surface area contributed by atoms with Crippen LogP contribution in [0.25, 0.3) is 11.1 Å². The predicted octanol–water partition coefficient (Wildman–Crippen LogP) is 6.42. The van der Waals surface area contributed by atoms with Gasteiger partial charge in [0, 0.05) is 79.8 Å². The Hall–Kier alpha value is -3.76. The van der Waals surface area contributed by atoms with Gasteiger partial charge in [0.2, 0.25) is 5.95 Å². The monoisotopic (exact) mass is 703 g/mol. The highest BCUT2D eigenvalue weighted by molar-refractivity contribution is 7.70. The predicted molar refractivity (Wildman–Crippen MR) is 202 cm³/mol. The largest absolute Gasteiger partial charge is 0.494 e. The molecule has 2 saturated heterocycles. The van der Waals surface area contributed by atoms with Gasteiger partial charge in [-0.25, -0.2) is 15.0 Å². The fourth-order valence-electron chi connectivity index (χ4n) is 6.80. The molecule has 11 nitrogen and oxygen atoms in total. The van der Waals surface area contributed by atoms with Crippen molar-refractivity contribution in [3.05, 3.63) is 65.3 Å². The van der Waals surface area contributed by atoms with Gasteiger partial charge in [-0.15, -0.1) is 0 Å². The molecule has 4 heterocycles. The quantitative estimate of drug-likeness (QED) is 0.179. The molecule has 6 rings (SSSR count). The third-order valence-corrected chi connectivity index (χ3v) is 11.5. The van der Waals surface area contributed by atoms with Crippen LogP contribution in [0, 0.1) is 6.92 Å². The van der Waals surface area contributed by atoms with E-state index in [4.69, 9.17) is 21.3 Å². The second-order valence-corrected chi connectivity index (χ2v) is 16.9. The highest BCUT2D eigenvalue weighted by Crippen LogP contribution is 2.41. The second kappa shape index (κ2) is 15.0. The van der Waals surface area contributed by atoms with Crippen LogP contribution in [-0.2, 0) is 11.0 Å². The number of hydrogen-bond donors (Lipinski definition) is 2. The van der Waals surface area contributed by atoms with Gasteiger partial charge in [-0.1, -0.05) is 24.6 Å². The van der Waals surface area contributed by atoms with Gasteiger partial charge in [0.25, 0.3) is 0 Å². The molecule has 2 N–H and O–H groups in total. The van der Waals surface area contributed by atoms with E-state index in [0.29, 0.717) is 33.8 Å². The van der Waals surface area contributed by atoms with Crippen LogP contribution in [-0.4, -0.2) is 103 Å². The zero-order chi connectivity index (χ0) is 34.7. The fraction of sp³-hybridized carbons (Fsp3) is 0.444. The van der Waals surface area contributed by atoms with Crippen molar-refractivity contribution < 1.29 is 9.30 Å². The number of benzene rings is 2. The number of rotatable bonds is 10. The zero-order valence-corrected chi connectivity index (χ0v) is 31.0. The molecule has 2 aliphatic heterocycles. The van der Waals surface area contributed by atoms with Crippen LogP contribution in [0.5, 0.6) is 5.75 Å². The maximum absolute atomic E-state index is 13.5. The summed E-state index contributed by atoms with van der Waals surface area (Å²) in [4.78, 5) is 25.3. The maximum atomic E-state index is 13.5. The summed E-state index contributed by atoms with van der Waals surface area (Å²) in [6.45, 7) is 14.3. The van der Waals surface area contributed by atoms with Crippen molar-refractivity contribution in [1.29, 1.82) is 0 Å². The Labute approximate surface area is 294 Å². The molecule has 13 heteroatoms.